The molecule has 0 unspecified atom stereocenters. The SMILES string of the molecule is Cc1ccccc1Nc1ncnc2c1cnn2C1CCNCC1. The van der Waals surface area contributed by atoms with Crippen molar-refractivity contribution in [2.24, 2.45) is 0 Å². The maximum absolute atomic E-state index is 4.59. The first-order chi connectivity index (χ1) is 11.3. The number of hydrogen-bond donors (Lipinski definition) is 2. The van der Waals surface area contributed by atoms with Gasteiger partial charge in [-0.3, -0.25) is 0 Å². The van der Waals surface area contributed by atoms with E-state index in [0.717, 1.165) is 48.5 Å². The number of para-hydroxylation sites is 1. The van der Waals surface area contributed by atoms with Crippen molar-refractivity contribution in [1.82, 2.24) is 25.1 Å². The van der Waals surface area contributed by atoms with Gasteiger partial charge < -0.3 is 10.6 Å². The van der Waals surface area contributed by atoms with E-state index in [9.17, 15) is 0 Å². The number of aryl methyl sites for hydroxylation is 1. The average Bonchev–Trinajstić information content (AvgIpc) is 3.03. The summed E-state index contributed by atoms with van der Waals surface area (Å²) in [5.41, 5.74) is 3.15. The van der Waals surface area contributed by atoms with Crippen LogP contribution in [0, 0.1) is 6.92 Å². The van der Waals surface area contributed by atoms with Crippen LogP contribution in [-0.2, 0) is 0 Å². The minimum Gasteiger partial charge on any atom is -0.339 e. The monoisotopic (exact) mass is 308 g/mol. The van der Waals surface area contributed by atoms with Gasteiger partial charge in [0.2, 0.25) is 0 Å². The van der Waals surface area contributed by atoms with Gasteiger partial charge in [-0.1, -0.05) is 18.2 Å². The van der Waals surface area contributed by atoms with Crippen LogP contribution in [0.4, 0.5) is 11.5 Å². The zero-order valence-corrected chi connectivity index (χ0v) is 13.2. The van der Waals surface area contributed by atoms with Crippen LogP contribution in [0.1, 0.15) is 24.4 Å². The summed E-state index contributed by atoms with van der Waals surface area (Å²) in [6.45, 7) is 4.15. The lowest BCUT2D eigenvalue weighted by atomic mass is 10.1. The molecule has 1 fully saturated rings. The van der Waals surface area contributed by atoms with Gasteiger partial charge >= 0.3 is 0 Å². The molecule has 1 aromatic carbocycles. The molecule has 4 rings (SSSR count). The highest BCUT2D eigenvalue weighted by atomic mass is 15.3. The summed E-state index contributed by atoms with van der Waals surface area (Å²) in [5, 5.41) is 12.4. The third-order valence-electron chi connectivity index (χ3n) is 4.44. The third-order valence-corrected chi connectivity index (χ3v) is 4.44. The van der Waals surface area contributed by atoms with Crippen molar-refractivity contribution in [1.29, 1.82) is 0 Å². The van der Waals surface area contributed by atoms with Gasteiger partial charge in [-0.25, -0.2) is 14.6 Å². The van der Waals surface area contributed by atoms with Crippen LogP contribution in [0.3, 0.4) is 0 Å². The van der Waals surface area contributed by atoms with Crippen LogP contribution in [-0.4, -0.2) is 32.8 Å². The van der Waals surface area contributed by atoms with Gasteiger partial charge in [0.25, 0.3) is 0 Å². The fourth-order valence-corrected chi connectivity index (χ4v) is 3.12. The summed E-state index contributed by atoms with van der Waals surface area (Å²) in [6.07, 6.45) is 5.66. The molecule has 3 aromatic rings. The van der Waals surface area contributed by atoms with E-state index in [-0.39, 0.29) is 0 Å². The molecule has 0 spiro atoms. The Morgan fingerprint density at radius 2 is 2.00 bits per heavy atom. The molecule has 118 valence electrons. The Bertz CT molecular complexity index is 819. The maximum atomic E-state index is 4.59. The smallest absolute Gasteiger partial charge is 0.163 e. The molecule has 2 N–H and O–H groups in total. The number of nitrogens with zero attached hydrogens (tertiary/aromatic N) is 4. The quantitative estimate of drug-likeness (QED) is 0.779. The normalized spacial score (nSPS) is 15.9. The summed E-state index contributed by atoms with van der Waals surface area (Å²) < 4.78 is 2.06. The first-order valence-corrected chi connectivity index (χ1v) is 8.04. The summed E-state index contributed by atoms with van der Waals surface area (Å²) in [7, 11) is 0. The van der Waals surface area contributed by atoms with E-state index < -0.39 is 0 Å². The molecule has 23 heavy (non-hydrogen) atoms. The summed E-state index contributed by atoms with van der Waals surface area (Å²) in [6, 6.07) is 8.60. The maximum Gasteiger partial charge on any atom is 0.163 e. The Morgan fingerprint density at radius 1 is 1.17 bits per heavy atom. The molecule has 0 saturated carbocycles. The second kappa shape index (κ2) is 5.96. The van der Waals surface area contributed by atoms with E-state index in [0.29, 0.717) is 6.04 Å². The van der Waals surface area contributed by atoms with Crippen LogP contribution in [0.15, 0.2) is 36.8 Å². The predicted octanol–water partition coefficient (Wildman–Crippen LogP) is 2.80. The van der Waals surface area contributed by atoms with Crippen molar-refractivity contribution >= 4 is 22.5 Å². The number of nitrogens with one attached hydrogen (secondary N) is 2. The van der Waals surface area contributed by atoms with Crippen LogP contribution >= 0.6 is 0 Å². The second-order valence-corrected chi connectivity index (χ2v) is 5.97. The first-order valence-electron chi connectivity index (χ1n) is 8.04. The van der Waals surface area contributed by atoms with Crippen molar-refractivity contribution in [2.45, 2.75) is 25.8 Å². The van der Waals surface area contributed by atoms with Gasteiger partial charge in [0, 0.05) is 5.69 Å². The highest BCUT2D eigenvalue weighted by Crippen LogP contribution is 2.27. The predicted molar refractivity (Wildman–Crippen MR) is 90.9 cm³/mol. The molecule has 6 heteroatoms. The molecule has 0 amide bonds. The number of piperidine rings is 1. The fraction of sp³-hybridized carbons (Fsp3) is 0.353. The highest BCUT2D eigenvalue weighted by molar-refractivity contribution is 5.88. The number of rotatable bonds is 3. The van der Waals surface area contributed by atoms with Gasteiger partial charge in [-0.05, 0) is 44.5 Å². The Balaban J connectivity index is 1.71. The van der Waals surface area contributed by atoms with Crippen molar-refractivity contribution in [2.75, 3.05) is 18.4 Å². The Kier molecular flexibility index (Phi) is 3.67. The molecule has 1 saturated heterocycles. The van der Waals surface area contributed by atoms with Crippen LogP contribution in [0.5, 0.6) is 0 Å². The molecule has 1 aliphatic rings. The lowest BCUT2D eigenvalue weighted by Gasteiger charge is -2.23. The number of benzene rings is 1. The Morgan fingerprint density at radius 3 is 2.83 bits per heavy atom. The molecule has 0 aliphatic carbocycles. The Hall–Kier alpha value is -2.47. The standard InChI is InChI=1S/C17H20N6/c1-12-4-2-3-5-15(12)22-16-14-10-21-23(17(14)20-11-19-16)13-6-8-18-9-7-13/h2-5,10-11,13,18H,6-9H2,1H3,(H,19,20,22). The molecule has 6 nitrogen and oxygen atoms in total. The summed E-state index contributed by atoms with van der Waals surface area (Å²) in [4.78, 5) is 8.88. The van der Waals surface area contributed by atoms with E-state index in [1.54, 1.807) is 6.33 Å². The van der Waals surface area contributed by atoms with Crippen LogP contribution < -0.4 is 10.6 Å². The van der Waals surface area contributed by atoms with Gasteiger partial charge in [0.1, 0.15) is 12.1 Å². The number of anilines is 2. The average molecular weight is 308 g/mol. The van der Waals surface area contributed by atoms with E-state index >= 15 is 0 Å². The van der Waals surface area contributed by atoms with Gasteiger partial charge in [0.05, 0.1) is 17.6 Å². The van der Waals surface area contributed by atoms with E-state index in [2.05, 4.69) is 49.4 Å². The lowest BCUT2D eigenvalue weighted by Crippen LogP contribution is -2.29. The molecular formula is C17H20N6. The van der Waals surface area contributed by atoms with Crippen molar-refractivity contribution < 1.29 is 0 Å². The third kappa shape index (κ3) is 2.66. The van der Waals surface area contributed by atoms with E-state index in [4.69, 9.17) is 0 Å². The van der Waals surface area contributed by atoms with Crippen molar-refractivity contribution in [3.8, 4) is 0 Å². The zero-order chi connectivity index (χ0) is 15.6. The molecule has 0 radical (unpaired) electrons. The largest absolute Gasteiger partial charge is 0.339 e. The van der Waals surface area contributed by atoms with E-state index in [1.165, 1.54) is 5.56 Å². The molecule has 0 bridgehead atoms. The molecule has 2 aromatic heterocycles. The minimum absolute atomic E-state index is 0.412. The summed E-state index contributed by atoms with van der Waals surface area (Å²) in [5.74, 6) is 0.810. The summed E-state index contributed by atoms with van der Waals surface area (Å²) >= 11 is 0. The van der Waals surface area contributed by atoms with Crippen molar-refractivity contribution in [3.63, 3.8) is 0 Å². The molecule has 1 aliphatic heterocycles. The lowest BCUT2D eigenvalue weighted by molar-refractivity contribution is 0.349. The first kappa shape index (κ1) is 14.1. The molecular weight excluding hydrogens is 288 g/mol. The van der Waals surface area contributed by atoms with Crippen LogP contribution in [0.25, 0.3) is 11.0 Å². The molecule has 3 heterocycles. The van der Waals surface area contributed by atoms with Crippen LogP contribution in [0.2, 0.25) is 0 Å². The van der Waals surface area contributed by atoms with Gasteiger partial charge in [0.15, 0.2) is 5.65 Å². The zero-order valence-electron chi connectivity index (χ0n) is 13.2. The second-order valence-electron chi connectivity index (χ2n) is 5.97. The topological polar surface area (TPSA) is 67.7 Å². The fourth-order valence-electron chi connectivity index (χ4n) is 3.12. The van der Waals surface area contributed by atoms with Gasteiger partial charge in [-0.2, -0.15) is 5.10 Å². The minimum atomic E-state index is 0.412. The van der Waals surface area contributed by atoms with Crippen molar-refractivity contribution in [3.05, 3.63) is 42.4 Å². The number of aromatic nitrogens is 4. The highest BCUT2D eigenvalue weighted by Gasteiger charge is 2.19. The number of hydrogen-bond acceptors (Lipinski definition) is 5. The Labute approximate surface area is 135 Å². The molecule has 0 atom stereocenters. The van der Waals surface area contributed by atoms with E-state index in [1.807, 2.05) is 18.3 Å². The number of fused-ring (bicyclic) bond motifs is 1. The van der Waals surface area contributed by atoms with Gasteiger partial charge in [-0.15, -0.1) is 0 Å².